The minimum absolute atomic E-state index is 0.0925. The van der Waals surface area contributed by atoms with Crippen LogP contribution in [-0.2, 0) is 59.2 Å². The Kier molecular flexibility index (Phi) is 10.4. The maximum atomic E-state index is 12.9. The molecule has 0 amide bonds. The molecule has 4 aromatic heterocycles. The lowest BCUT2D eigenvalue weighted by atomic mass is 9.99. The molecule has 0 spiro atoms. The summed E-state index contributed by atoms with van der Waals surface area (Å²) in [6.07, 6.45) is -5.39. The largest absolute Gasteiger partial charge is 0.490 e. The number of rotatable bonds is 14. The maximum Gasteiger partial charge on any atom is 0.490 e. The van der Waals surface area contributed by atoms with E-state index in [1.54, 1.807) is 29.6 Å². The van der Waals surface area contributed by atoms with Crippen LogP contribution in [0.1, 0.15) is 6.23 Å². The van der Waals surface area contributed by atoms with Crippen LogP contribution in [0, 0.1) is 0 Å². The van der Waals surface area contributed by atoms with Gasteiger partial charge in [-0.25, -0.2) is 23.2 Å². The number of aryl methyl sites for hydroxylation is 1. The maximum absolute atomic E-state index is 12.9. The van der Waals surface area contributed by atoms with E-state index in [0.29, 0.717) is 0 Å². The number of anilines is 2. The predicted molar refractivity (Wildman–Crippen MR) is 183 cm³/mol. The number of H-pyrrole nitrogens is 2. The lowest BCUT2D eigenvalue weighted by Gasteiger charge is -2.34. The highest BCUT2D eigenvalue weighted by Crippen LogP contribution is 2.68. The molecule has 3 fully saturated rings. The number of phosphoric acid groups is 3. The van der Waals surface area contributed by atoms with Gasteiger partial charge in [-0.05, 0) is 7.05 Å². The molecule has 7 rings (SSSR count). The van der Waals surface area contributed by atoms with Crippen LogP contribution in [0.15, 0.2) is 22.2 Å². The van der Waals surface area contributed by atoms with Crippen LogP contribution in [0.5, 0.6) is 0 Å². The number of aromatic nitrogens is 8. The van der Waals surface area contributed by atoms with E-state index in [1.165, 1.54) is 7.11 Å². The summed E-state index contributed by atoms with van der Waals surface area (Å²) in [6, 6.07) is -0.466. The van der Waals surface area contributed by atoms with E-state index in [4.69, 9.17) is 30.2 Å². The number of nitrogens with one attached hydrogen (secondary N) is 2. The number of methoxy groups -OCH3 is 1. The Hall–Kier alpha value is -3.53. The number of likely N-dealkylation sites (N-methyl/N-ethyl adjacent to an activating group) is 1. The second-order valence-corrected chi connectivity index (χ2v) is 17.9. The van der Waals surface area contributed by atoms with Crippen LogP contribution < -0.4 is 27.2 Å². The fourth-order valence-electron chi connectivity index (χ4n) is 7.32. The first-order valence-corrected chi connectivity index (χ1v) is 20.7. The zero-order valence-corrected chi connectivity index (χ0v) is 32.0. The fourth-order valence-corrected chi connectivity index (χ4v) is 10.9. The number of nitrogens with zero attached hydrogens (tertiary/aromatic N) is 7. The molecule has 7 heterocycles. The van der Waals surface area contributed by atoms with Gasteiger partial charge in [-0.2, -0.15) is 13.6 Å². The molecule has 4 aromatic rings. The quantitative estimate of drug-likeness (QED) is 0.0435. The van der Waals surface area contributed by atoms with E-state index in [-0.39, 0.29) is 47.3 Å². The van der Waals surface area contributed by atoms with E-state index in [9.17, 15) is 48.2 Å². The summed E-state index contributed by atoms with van der Waals surface area (Å²) < 4.78 is 78.2. The second kappa shape index (κ2) is 14.4. The van der Waals surface area contributed by atoms with E-state index < -0.39 is 96.2 Å². The lowest BCUT2D eigenvalue weighted by Crippen LogP contribution is -2.53. The number of morpholine rings is 1. The smallest absolute Gasteiger partial charge is 0.387 e. The Morgan fingerprint density at radius 3 is 2.34 bits per heavy atom. The molecule has 56 heavy (non-hydrogen) atoms. The molecule has 0 saturated carbocycles. The zero-order chi connectivity index (χ0) is 40.7. The molecule has 0 aliphatic carbocycles. The molecule has 3 aliphatic heterocycles. The van der Waals surface area contributed by atoms with Crippen molar-refractivity contribution in [1.29, 1.82) is 0 Å². The lowest BCUT2D eigenvalue weighted by molar-refractivity contribution is -0.682. The number of ether oxygens (including phenoxy) is 3. The molecule has 308 valence electrons. The van der Waals surface area contributed by atoms with E-state index in [1.807, 2.05) is 4.90 Å². The molecule has 11 atom stereocenters. The normalized spacial score (nSPS) is 31.2. The Bertz CT molecular complexity index is 2440. The Labute approximate surface area is 312 Å². The number of nitrogen functional groups attached to an aromatic ring is 2. The van der Waals surface area contributed by atoms with Crippen molar-refractivity contribution in [2.24, 2.45) is 7.05 Å². The highest BCUT2D eigenvalue weighted by atomic mass is 31.3. The second-order valence-electron chi connectivity index (χ2n) is 13.2. The van der Waals surface area contributed by atoms with Crippen molar-refractivity contribution in [3.05, 3.63) is 33.4 Å². The number of phosphoric ester groups is 2. The molecule has 3 saturated heterocycles. The van der Waals surface area contributed by atoms with Gasteiger partial charge in [0.2, 0.25) is 11.5 Å². The van der Waals surface area contributed by atoms with Gasteiger partial charge in [0.1, 0.15) is 36.1 Å². The first-order chi connectivity index (χ1) is 26.1. The third-order valence-corrected chi connectivity index (χ3v) is 13.7. The first kappa shape index (κ1) is 40.7. The van der Waals surface area contributed by atoms with E-state index in [0.717, 1.165) is 10.9 Å². The third-order valence-electron chi connectivity index (χ3n) is 9.43. The summed E-state index contributed by atoms with van der Waals surface area (Å²) in [7, 11) is -12.4. The van der Waals surface area contributed by atoms with Gasteiger partial charge in [0.15, 0.2) is 23.7 Å². The third kappa shape index (κ3) is 7.48. The van der Waals surface area contributed by atoms with Gasteiger partial charge >= 0.3 is 29.1 Å². The van der Waals surface area contributed by atoms with Crippen LogP contribution in [-0.4, -0.2) is 140 Å². The molecule has 28 nitrogen and oxygen atoms in total. The number of aromatic amines is 2. The van der Waals surface area contributed by atoms with Gasteiger partial charge < -0.3 is 50.6 Å². The van der Waals surface area contributed by atoms with Crippen molar-refractivity contribution in [2.45, 2.75) is 54.9 Å². The number of hydrogen-bond acceptors (Lipinski definition) is 20. The van der Waals surface area contributed by atoms with Crippen molar-refractivity contribution in [2.75, 3.05) is 45.4 Å². The summed E-state index contributed by atoms with van der Waals surface area (Å²) >= 11 is 0. The van der Waals surface area contributed by atoms with Gasteiger partial charge in [-0.15, -0.1) is 0 Å². The zero-order valence-electron chi connectivity index (χ0n) is 29.3. The van der Waals surface area contributed by atoms with Crippen molar-refractivity contribution in [1.82, 2.24) is 39.0 Å². The molecule has 3 aliphatic rings. The van der Waals surface area contributed by atoms with Gasteiger partial charge in [0, 0.05) is 13.7 Å². The van der Waals surface area contributed by atoms with Crippen molar-refractivity contribution >= 4 is 57.7 Å². The fraction of sp³-hybridized carbons (Fsp3) is 0.600. The summed E-state index contributed by atoms with van der Waals surface area (Å²) in [6.45, 7) is -1.60. The average Bonchev–Trinajstić information content (AvgIpc) is 3.85. The number of likely N-dealkylation sites (tertiary alicyclic amines) is 1. The van der Waals surface area contributed by atoms with Crippen molar-refractivity contribution in [3.8, 4) is 0 Å². The van der Waals surface area contributed by atoms with Crippen LogP contribution in [0.2, 0.25) is 0 Å². The average molecular weight is 857 g/mol. The van der Waals surface area contributed by atoms with E-state index in [2.05, 4.69) is 38.1 Å². The Morgan fingerprint density at radius 1 is 0.982 bits per heavy atom. The summed E-state index contributed by atoms with van der Waals surface area (Å²) in [4.78, 5) is 73.9. The molecular weight excluding hydrogens is 819 g/mol. The van der Waals surface area contributed by atoms with E-state index >= 15 is 0 Å². The topological polar surface area (TPSA) is 390 Å². The standard InChI is InChI=1S/C25H36N11O17P3/c1-33-6-25(17(47-3)13(33)10(51-25)4-35-9-34(2)14-19(35)30-24(27)32-21(14)40)7-49-55(43,44)53-56(45,46)52-54(41,42)48-5-11-15(37)16(38)22(50-11)36-8-28-12-18(36)29-23(26)31-20(12)39/h8-11,13,15-17,22,37-38H,4-7H2,1-3H3,(H8-,26,27,29,30,31,32,39,40,41,42,43,44,45,46)/p+1/t10-,11+,13?,15?,16-,17+,22+,25+/m0/s1. The van der Waals surface area contributed by atoms with Crippen molar-refractivity contribution in [3.63, 3.8) is 0 Å². The van der Waals surface area contributed by atoms with Crippen LogP contribution in [0.3, 0.4) is 0 Å². The van der Waals surface area contributed by atoms with Crippen LogP contribution in [0.4, 0.5) is 11.9 Å². The van der Waals surface area contributed by atoms with Crippen molar-refractivity contribution < 1.29 is 75.0 Å². The number of hydrogen-bond donors (Lipinski definition) is 9. The predicted octanol–water partition coefficient (Wildman–Crippen LogP) is -3.70. The van der Waals surface area contributed by atoms with Gasteiger partial charge in [0.25, 0.3) is 17.1 Å². The van der Waals surface area contributed by atoms with Crippen LogP contribution in [0.25, 0.3) is 22.3 Å². The van der Waals surface area contributed by atoms with Gasteiger partial charge in [0.05, 0.1) is 39.2 Å². The van der Waals surface area contributed by atoms with Crippen LogP contribution >= 0.6 is 23.5 Å². The molecule has 0 radical (unpaired) electrons. The summed E-state index contributed by atoms with van der Waals surface area (Å²) in [5, 5.41) is 21.1. The molecule has 5 unspecified atom stereocenters. The number of aliphatic hydroxyl groups excluding tert-OH is 2. The first-order valence-electron chi connectivity index (χ1n) is 16.2. The highest BCUT2D eigenvalue weighted by molar-refractivity contribution is 7.66. The number of imidazole rings is 2. The molecule has 31 heteroatoms. The Balaban J connectivity index is 0.972. The monoisotopic (exact) mass is 856 g/mol. The molecule has 2 bridgehead atoms. The number of fused-ring (bicyclic) bond motifs is 4. The Morgan fingerprint density at radius 2 is 1.64 bits per heavy atom. The molecule has 0 aromatic carbocycles. The highest BCUT2D eigenvalue weighted by Gasteiger charge is 2.64. The summed E-state index contributed by atoms with van der Waals surface area (Å²) in [5.41, 5.74) is 8.91. The molecule has 11 N–H and O–H groups in total. The van der Waals surface area contributed by atoms with Gasteiger partial charge in [-0.1, -0.05) is 4.98 Å². The number of aliphatic hydroxyl groups is 2. The minimum atomic E-state index is -5.94. The molecular formula is C25H37N11O17P3+. The SMILES string of the molecule is CO[C@@H]1C2[C@H](C[n+]3cn(C)c4c(=O)[nH]c(N)nc43)O[C@@]1(COP(=O)(O)OP(=O)(O)OP(=O)(O)OC[C@H]1O[C@@H](n3cnc4c(=O)[nH]c(N)nc43)[C@@H](O)C1O)CN2C. The van der Waals surface area contributed by atoms with Gasteiger partial charge in [-0.3, -0.25) is 42.6 Å². The number of nitrogens with two attached hydrogens (primary N) is 2. The summed E-state index contributed by atoms with van der Waals surface area (Å²) in [5.74, 6) is -0.401. The minimum Gasteiger partial charge on any atom is -0.387 e.